The lowest BCUT2D eigenvalue weighted by Gasteiger charge is -2.40. The third-order valence-electron chi connectivity index (χ3n) is 5.82. The van der Waals surface area contributed by atoms with E-state index in [4.69, 9.17) is 4.74 Å². The minimum Gasteiger partial charge on any atom is -0.383 e. The highest BCUT2D eigenvalue weighted by molar-refractivity contribution is 6.04. The molecule has 0 bridgehead atoms. The molecule has 36 heavy (non-hydrogen) atoms. The molecule has 0 spiro atoms. The lowest BCUT2D eigenvalue weighted by Crippen LogP contribution is -2.53. The van der Waals surface area contributed by atoms with Crippen LogP contribution in [0.15, 0.2) is 30.7 Å². The third kappa shape index (κ3) is 5.43. The maximum absolute atomic E-state index is 13.5. The van der Waals surface area contributed by atoms with Crippen LogP contribution in [0.5, 0.6) is 0 Å². The van der Waals surface area contributed by atoms with Crippen molar-refractivity contribution >= 4 is 23.4 Å². The third-order valence-corrected chi connectivity index (χ3v) is 5.82. The van der Waals surface area contributed by atoms with E-state index in [1.165, 1.54) is 4.68 Å². The Morgan fingerprint density at radius 3 is 2.53 bits per heavy atom. The number of amides is 1. The van der Waals surface area contributed by atoms with Gasteiger partial charge >= 0.3 is 0 Å². The SMILES string of the molecule is C.CC[C@H]1C(=O)N(C)c2cnc(NCc3cnn(Cc4cc(F)c(F)c(F)c4)c3)nc2N1CCOC. The van der Waals surface area contributed by atoms with Gasteiger partial charge in [0.2, 0.25) is 11.9 Å². The fourth-order valence-corrected chi connectivity index (χ4v) is 4.02. The normalized spacial score (nSPS) is 15.1. The highest BCUT2D eigenvalue weighted by atomic mass is 19.2. The molecule has 1 aromatic carbocycles. The summed E-state index contributed by atoms with van der Waals surface area (Å²) in [7, 11) is 3.32. The highest BCUT2D eigenvalue weighted by Crippen LogP contribution is 2.34. The summed E-state index contributed by atoms with van der Waals surface area (Å²) >= 11 is 0. The molecule has 1 aliphatic rings. The number of likely N-dealkylation sites (N-methyl/N-ethyl adjacent to an activating group) is 1. The molecule has 1 atom stereocenters. The van der Waals surface area contributed by atoms with Gasteiger partial charge in [-0.1, -0.05) is 14.4 Å². The average Bonchev–Trinajstić information content (AvgIpc) is 3.29. The van der Waals surface area contributed by atoms with E-state index in [1.54, 1.807) is 37.6 Å². The molecule has 0 saturated carbocycles. The number of methoxy groups -OCH3 is 1. The van der Waals surface area contributed by atoms with Crippen molar-refractivity contribution in [1.29, 1.82) is 0 Å². The van der Waals surface area contributed by atoms with Crippen molar-refractivity contribution in [2.24, 2.45) is 0 Å². The van der Waals surface area contributed by atoms with Gasteiger partial charge in [-0.3, -0.25) is 9.48 Å². The first kappa shape index (κ1) is 26.9. The summed E-state index contributed by atoms with van der Waals surface area (Å²) in [6, 6.07) is 1.55. The van der Waals surface area contributed by atoms with Crippen LogP contribution in [-0.4, -0.2) is 59.0 Å². The van der Waals surface area contributed by atoms with E-state index >= 15 is 0 Å². The summed E-state index contributed by atoms with van der Waals surface area (Å²) in [6.07, 6.45) is 5.54. The van der Waals surface area contributed by atoms with Crippen molar-refractivity contribution in [3.8, 4) is 0 Å². The summed E-state index contributed by atoms with van der Waals surface area (Å²) in [4.78, 5) is 25.3. The van der Waals surface area contributed by atoms with Gasteiger partial charge in [-0.25, -0.2) is 18.2 Å². The van der Waals surface area contributed by atoms with Crippen LogP contribution in [0, 0.1) is 17.5 Å². The van der Waals surface area contributed by atoms with Crippen LogP contribution in [0.25, 0.3) is 0 Å². The molecular formula is C24H30F3N7O2. The minimum absolute atomic E-state index is 0. The number of aromatic nitrogens is 4. The molecular weight excluding hydrogens is 475 g/mol. The lowest BCUT2D eigenvalue weighted by atomic mass is 10.1. The molecule has 0 unspecified atom stereocenters. The Bertz CT molecular complexity index is 1200. The number of nitrogens with one attached hydrogen (secondary N) is 1. The Labute approximate surface area is 207 Å². The van der Waals surface area contributed by atoms with Gasteiger partial charge in [-0.05, 0) is 24.1 Å². The predicted octanol–water partition coefficient (Wildman–Crippen LogP) is 3.59. The molecule has 2 aromatic heterocycles. The monoisotopic (exact) mass is 505 g/mol. The summed E-state index contributed by atoms with van der Waals surface area (Å²) in [5.74, 6) is -2.98. The number of halogens is 3. The molecule has 0 fully saturated rings. The van der Waals surface area contributed by atoms with Gasteiger partial charge in [0.25, 0.3) is 0 Å². The Morgan fingerprint density at radius 2 is 1.86 bits per heavy atom. The fourth-order valence-electron chi connectivity index (χ4n) is 4.02. The summed E-state index contributed by atoms with van der Waals surface area (Å²) < 4.78 is 46.8. The number of carbonyl (C=O) groups excluding carboxylic acids is 1. The molecule has 0 aliphatic carbocycles. The molecule has 0 saturated heterocycles. The number of ether oxygens (including phenoxy) is 1. The molecule has 194 valence electrons. The highest BCUT2D eigenvalue weighted by Gasteiger charge is 2.36. The van der Waals surface area contributed by atoms with Crippen molar-refractivity contribution in [2.45, 2.75) is 39.9 Å². The van der Waals surface area contributed by atoms with Gasteiger partial charge in [0.1, 0.15) is 11.7 Å². The average molecular weight is 506 g/mol. The molecule has 1 N–H and O–H groups in total. The Hall–Kier alpha value is -3.67. The quantitative estimate of drug-likeness (QED) is 0.445. The van der Waals surface area contributed by atoms with Crippen molar-refractivity contribution in [2.75, 3.05) is 42.4 Å². The van der Waals surface area contributed by atoms with Crippen LogP contribution in [0.1, 0.15) is 31.9 Å². The van der Waals surface area contributed by atoms with Crippen LogP contribution in [0.4, 0.5) is 30.6 Å². The van der Waals surface area contributed by atoms with E-state index < -0.39 is 17.5 Å². The van der Waals surface area contributed by atoms with Crippen molar-refractivity contribution in [3.05, 3.63) is 59.3 Å². The second kappa shape index (κ2) is 11.4. The van der Waals surface area contributed by atoms with Crippen LogP contribution in [0.2, 0.25) is 0 Å². The van der Waals surface area contributed by atoms with E-state index in [9.17, 15) is 18.0 Å². The van der Waals surface area contributed by atoms with Gasteiger partial charge in [0.05, 0.1) is 25.5 Å². The number of anilines is 3. The van der Waals surface area contributed by atoms with E-state index in [2.05, 4.69) is 20.4 Å². The first-order valence-corrected chi connectivity index (χ1v) is 11.1. The van der Waals surface area contributed by atoms with E-state index in [1.807, 2.05) is 11.8 Å². The van der Waals surface area contributed by atoms with E-state index in [0.29, 0.717) is 43.6 Å². The molecule has 12 heteroatoms. The van der Waals surface area contributed by atoms with Crippen LogP contribution in [-0.2, 0) is 22.6 Å². The predicted molar refractivity (Wildman–Crippen MR) is 130 cm³/mol. The maximum Gasteiger partial charge on any atom is 0.249 e. The van der Waals surface area contributed by atoms with Gasteiger partial charge in [0.15, 0.2) is 23.3 Å². The van der Waals surface area contributed by atoms with Crippen molar-refractivity contribution < 1.29 is 22.7 Å². The topological polar surface area (TPSA) is 88.4 Å². The molecule has 4 rings (SSSR count). The standard InChI is InChI=1S/C23H26F3N7O2.CH4/c1-4-18-22(34)31(2)19-11-28-23(30-21(19)33(18)5-6-35-3)27-9-15-10-29-32(13-15)12-14-7-16(24)20(26)17(25)8-14;/h7-8,10-11,13,18H,4-6,9,12H2,1-3H3,(H,27,28,30);1H4/t18-;/m0./s1. The number of hydrogen-bond acceptors (Lipinski definition) is 7. The summed E-state index contributed by atoms with van der Waals surface area (Å²) in [5, 5.41) is 7.33. The number of carbonyl (C=O) groups is 1. The number of fused-ring (bicyclic) bond motifs is 1. The minimum atomic E-state index is -1.49. The summed E-state index contributed by atoms with van der Waals surface area (Å²) in [6.45, 7) is 3.33. The number of hydrogen-bond donors (Lipinski definition) is 1. The van der Waals surface area contributed by atoms with Crippen LogP contribution >= 0.6 is 0 Å². The summed E-state index contributed by atoms with van der Waals surface area (Å²) in [5.41, 5.74) is 1.65. The molecule has 3 heterocycles. The number of nitrogens with zero attached hydrogens (tertiary/aromatic N) is 6. The van der Waals surface area contributed by atoms with Crippen LogP contribution in [0.3, 0.4) is 0 Å². The van der Waals surface area contributed by atoms with Crippen molar-refractivity contribution in [1.82, 2.24) is 19.7 Å². The molecule has 1 aliphatic heterocycles. The van der Waals surface area contributed by atoms with Gasteiger partial charge in [-0.15, -0.1) is 0 Å². The number of benzene rings is 1. The van der Waals surface area contributed by atoms with Crippen LogP contribution < -0.4 is 15.1 Å². The smallest absolute Gasteiger partial charge is 0.249 e. The lowest BCUT2D eigenvalue weighted by molar-refractivity contribution is -0.120. The zero-order chi connectivity index (χ0) is 25.1. The first-order chi connectivity index (χ1) is 16.8. The Kier molecular flexibility index (Phi) is 8.51. The molecule has 9 nitrogen and oxygen atoms in total. The largest absolute Gasteiger partial charge is 0.383 e. The molecule has 3 aromatic rings. The number of rotatable bonds is 9. The second-order valence-electron chi connectivity index (χ2n) is 8.18. The Balaban J connectivity index is 0.00000361. The second-order valence-corrected chi connectivity index (χ2v) is 8.18. The van der Waals surface area contributed by atoms with Gasteiger partial charge in [0, 0.05) is 39.0 Å². The fraction of sp³-hybridized carbons (Fsp3) is 0.417. The Morgan fingerprint density at radius 1 is 1.14 bits per heavy atom. The van der Waals surface area contributed by atoms with Crippen molar-refractivity contribution in [3.63, 3.8) is 0 Å². The van der Waals surface area contributed by atoms with Gasteiger partial charge < -0.3 is 19.9 Å². The maximum atomic E-state index is 13.5. The molecule has 1 amide bonds. The molecule has 0 radical (unpaired) electrons. The van der Waals surface area contributed by atoms with E-state index in [-0.39, 0.29) is 31.5 Å². The van der Waals surface area contributed by atoms with E-state index in [0.717, 1.165) is 17.7 Å². The zero-order valence-corrected chi connectivity index (χ0v) is 19.6. The van der Waals surface area contributed by atoms with Gasteiger partial charge in [-0.2, -0.15) is 10.1 Å². The zero-order valence-electron chi connectivity index (χ0n) is 19.6. The first-order valence-electron chi connectivity index (χ1n) is 11.1.